The van der Waals surface area contributed by atoms with E-state index in [1.165, 1.54) is 0 Å². The maximum atomic E-state index is 11.2. The van der Waals surface area contributed by atoms with E-state index in [0.717, 1.165) is 12.5 Å². The third-order valence-corrected chi connectivity index (χ3v) is 24.1. The van der Waals surface area contributed by atoms with Crippen molar-refractivity contribution in [2.24, 2.45) is 0 Å². The lowest BCUT2D eigenvalue weighted by atomic mass is 10.4. The Hall–Kier alpha value is 0.674. The fourth-order valence-electron chi connectivity index (χ4n) is 4.34. The molecule has 0 bridgehead atoms. The SMILES string of the molecule is [CH]CCOCCC[Si](C)(O[Si](C)(C)C)O[Si](C)(CCCOCC(O)CS(=O)(=O)O[O-])O[Si](C)(C)O[Si](C)(C)C. The van der Waals surface area contributed by atoms with Crippen molar-refractivity contribution in [3.8, 4) is 0 Å². The van der Waals surface area contributed by atoms with Gasteiger partial charge in [-0.15, -0.1) is 0 Å². The Morgan fingerprint density at radius 1 is 0.744 bits per heavy atom. The molecule has 11 nitrogen and oxygen atoms in total. The van der Waals surface area contributed by atoms with Gasteiger partial charge in [0.1, 0.15) is 5.75 Å². The Bertz CT molecular complexity index is 792. The molecule has 0 aromatic rings. The summed E-state index contributed by atoms with van der Waals surface area (Å²) in [5.41, 5.74) is 0. The van der Waals surface area contributed by atoms with Crippen molar-refractivity contribution in [3.63, 3.8) is 0 Å². The second kappa shape index (κ2) is 17.1. The highest BCUT2D eigenvalue weighted by atomic mass is 32.2. The molecule has 3 unspecified atom stereocenters. The Morgan fingerprint density at radius 2 is 1.23 bits per heavy atom. The van der Waals surface area contributed by atoms with Gasteiger partial charge in [-0.3, -0.25) is 0 Å². The van der Waals surface area contributed by atoms with Crippen LogP contribution in [0.15, 0.2) is 0 Å². The summed E-state index contributed by atoms with van der Waals surface area (Å²) in [7, 11) is -16.2. The second-order valence-electron chi connectivity index (χ2n) is 12.4. The molecule has 0 aliphatic rings. The number of hydrogen-bond donors (Lipinski definition) is 1. The van der Waals surface area contributed by atoms with Gasteiger partial charge in [0.25, 0.3) is 10.1 Å². The standard InChI is InChI=1S/C22H54O11SSi5/c1-12-15-27-16-13-18-38(10,31-36(5,6)7)33-39(11,32-37(8,9)30-35(2,3)4)19-14-17-28-20-22(23)21-34(25,26)29-24/h1,22-24H,12-21H2,2-11H3/p-1. The first-order valence-corrected chi connectivity index (χ1v) is 29.7. The van der Waals surface area contributed by atoms with Gasteiger partial charge in [-0.05, 0) is 104 Å². The van der Waals surface area contributed by atoms with Crippen LogP contribution in [0.25, 0.3) is 0 Å². The topological polar surface area (TPSA) is 142 Å². The van der Waals surface area contributed by atoms with E-state index < -0.39 is 64.3 Å². The fraction of sp³-hybridized carbons (Fsp3) is 0.955. The first-order chi connectivity index (χ1) is 17.6. The van der Waals surface area contributed by atoms with Crippen molar-refractivity contribution in [3.05, 3.63) is 6.92 Å². The van der Waals surface area contributed by atoms with E-state index in [1.54, 1.807) is 0 Å². The molecule has 0 heterocycles. The summed E-state index contributed by atoms with van der Waals surface area (Å²) in [5, 5.41) is 20.0. The highest BCUT2D eigenvalue weighted by Gasteiger charge is 2.48. The largest absolute Gasteiger partial charge is 0.707 e. The summed E-state index contributed by atoms with van der Waals surface area (Å²) >= 11 is 0. The number of ether oxygens (including phenoxy) is 2. The zero-order valence-corrected chi connectivity index (χ0v) is 31.5. The van der Waals surface area contributed by atoms with Gasteiger partial charge in [0.05, 0.1) is 12.7 Å². The number of hydrogen-bond acceptors (Lipinski definition) is 11. The molecule has 3 atom stereocenters. The average Bonchev–Trinajstić information content (AvgIpc) is 2.69. The monoisotopic (exact) mass is 665 g/mol. The predicted molar refractivity (Wildman–Crippen MR) is 162 cm³/mol. The minimum absolute atomic E-state index is 0.241. The zero-order chi connectivity index (χ0) is 30.6. The zero-order valence-electron chi connectivity index (χ0n) is 25.7. The van der Waals surface area contributed by atoms with E-state index >= 15 is 0 Å². The van der Waals surface area contributed by atoms with Crippen LogP contribution in [0.2, 0.25) is 77.6 Å². The lowest BCUT2D eigenvalue weighted by molar-refractivity contribution is -0.635. The maximum absolute atomic E-state index is 11.2. The minimum Gasteiger partial charge on any atom is -0.707 e. The molecular weight excluding hydrogens is 613 g/mol. The van der Waals surface area contributed by atoms with Gasteiger partial charge in [-0.2, -0.15) is 8.42 Å². The average molecular weight is 666 g/mol. The van der Waals surface area contributed by atoms with Crippen molar-refractivity contribution >= 4 is 52.4 Å². The van der Waals surface area contributed by atoms with Crippen molar-refractivity contribution in [1.82, 2.24) is 0 Å². The molecule has 0 amide bonds. The number of aliphatic hydroxyl groups excluding tert-OH is 1. The summed E-state index contributed by atoms with van der Waals surface area (Å²) < 4.78 is 63.7. The molecule has 0 aromatic carbocycles. The molecule has 0 aliphatic carbocycles. The van der Waals surface area contributed by atoms with Crippen molar-refractivity contribution in [1.29, 1.82) is 0 Å². The third-order valence-electron chi connectivity index (χ3n) is 4.88. The fourth-order valence-corrected chi connectivity index (χ4v) is 28.7. The van der Waals surface area contributed by atoms with E-state index in [0.29, 0.717) is 32.1 Å². The maximum Gasteiger partial charge on any atom is 0.317 e. The first-order valence-electron chi connectivity index (χ1n) is 13.4. The Kier molecular flexibility index (Phi) is 17.4. The number of rotatable bonds is 23. The van der Waals surface area contributed by atoms with Crippen LogP contribution >= 0.6 is 0 Å². The van der Waals surface area contributed by atoms with Gasteiger partial charge in [0, 0.05) is 19.8 Å². The van der Waals surface area contributed by atoms with Crippen LogP contribution in [-0.4, -0.2) is 94.1 Å². The van der Waals surface area contributed by atoms with E-state index in [2.05, 4.69) is 50.2 Å². The Balaban J connectivity index is 5.59. The van der Waals surface area contributed by atoms with Crippen LogP contribution in [0.4, 0.5) is 0 Å². The summed E-state index contributed by atoms with van der Waals surface area (Å²) in [6, 6.07) is 1.35. The molecule has 0 spiro atoms. The van der Waals surface area contributed by atoms with Gasteiger partial charge >= 0.3 is 25.7 Å². The van der Waals surface area contributed by atoms with Gasteiger partial charge < -0.3 is 40.6 Å². The normalized spacial score (nSPS) is 17.6. The Morgan fingerprint density at radius 3 is 1.69 bits per heavy atom. The Labute approximate surface area is 242 Å². The van der Waals surface area contributed by atoms with Crippen molar-refractivity contribution < 1.29 is 49.0 Å². The summed E-state index contributed by atoms with van der Waals surface area (Å²) in [6.45, 7) is 27.7. The predicted octanol–water partition coefficient (Wildman–Crippen LogP) is 3.47. The molecule has 234 valence electrons. The highest BCUT2D eigenvalue weighted by Crippen LogP contribution is 2.31. The molecule has 0 aliphatic heterocycles. The van der Waals surface area contributed by atoms with Crippen LogP contribution in [-0.2, 0) is 40.4 Å². The summed E-state index contributed by atoms with van der Waals surface area (Å²) in [5.74, 6) is -0.823. The van der Waals surface area contributed by atoms with Gasteiger partial charge in [-0.25, -0.2) is 0 Å². The van der Waals surface area contributed by atoms with E-state index in [4.69, 9.17) is 32.9 Å². The van der Waals surface area contributed by atoms with Gasteiger partial charge in [0.15, 0.2) is 16.6 Å². The number of aliphatic hydroxyl groups is 1. The molecule has 39 heavy (non-hydrogen) atoms. The smallest absolute Gasteiger partial charge is 0.317 e. The van der Waals surface area contributed by atoms with Gasteiger partial charge in [0.2, 0.25) is 0 Å². The van der Waals surface area contributed by atoms with Crippen LogP contribution in [0.5, 0.6) is 0 Å². The van der Waals surface area contributed by atoms with Crippen LogP contribution in [0, 0.1) is 6.92 Å². The van der Waals surface area contributed by atoms with Crippen LogP contribution in [0.3, 0.4) is 0 Å². The summed E-state index contributed by atoms with van der Waals surface area (Å²) in [6.07, 6.45) is 0.474. The molecule has 0 saturated carbocycles. The van der Waals surface area contributed by atoms with Crippen molar-refractivity contribution in [2.45, 2.75) is 103 Å². The highest BCUT2D eigenvalue weighted by molar-refractivity contribution is 7.86. The van der Waals surface area contributed by atoms with E-state index in [1.807, 2.05) is 19.6 Å². The van der Waals surface area contributed by atoms with E-state index in [9.17, 15) is 18.8 Å². The first kappa shape index (κ1) is 39.7. The third kappa shape index (κ3) is 21.1. The lowest BCUT2D eigenvalue weighted by Crippen LogP contribution is -2.60. The quantitative estimate of drug-likeness (QED) is 0.0742. The molecule has 2 radical (unpaired) electrons. The molecule has 0 aromatic heterocycles. The van der Waals surface area contributed by atoms with Gasteiger partial charge in [-0.1, -0.05) is 0 Å². The van der Waals surface area contributed by atoms with Crippen molar-refractivity contribution in [2.75, 3.05) is 32.2 Å². The molecular formula is C22H53O11SSi5-. The molecule has 0 saturated heterocycles. The molecule has 1 N–H and O–H groups in total. The van der Waals surface area contributed by atoms with Crippen LogP contribution < -0.4 is 5.26 Å². The summed E-state index contributed by atoms with van der Waals surface area (Å²) in [4.78, 5) is 0. The molecule has 17 heteroatoms. The molecule has 0 fully saturated rings. The second-order valence-corrected chi connectivity index (χ2v) is 34.1. The molecule has 0 rings (SSSR count). The van der Waals surface area contributed by atoms with Crippen LogP contribution in [0.1, 0.15) is 19.3 Å². The van der Waals surface area contributed by atoms with E-state index in [-0.39, 0.29) is 13.2 Å². The lowest BCUT2D eigenvalue weighted by Gasteiger charge is -2.44. The minimum atomic E-state index is -4.31.